The van der Waals surface area contributed by atoms with Gasteiger partial charge in [-0.2, -0.15) is 0 Å². The van der Waals surface area contributed by atoms with Gasteiger partial charge in [-0.05, 0) is 24.1 Å². The predicted molar refractivity (Wildman–Crippen MR) is 68.8 cm³/mol. The van der Waals surface area contributed by atoms with Crippen molar-refractivity contribution in [3.8, 4) is 0 Å². The molecule has 0 aromatic heterocycles. The van der Waals surface area contributed by atoms with Gasteiger partial charge in [-0.3, -0.25) is 9.52 Å². The van der Waals surface area contributed by atoms with Gasteiger partial charge in [0.25, 0.3) is 5.91 Å². The van der Waals surface area contributed by atoms with Gasteiger partial charge in [0.2, 0.25) is 10.0 Å². The fourth-order valence-electron chi connectivity index (χ4n) is 1.23. The molecule has 0 radical (unpaired) electrons. The Morgan fingerprint density at radius 1 is 1.41 bits per heavy atom. The summed E-state index contributed by atoms with van der Waals surface area (Å²) in [7, 11) is -3.55. The van der Waals surface area contributed by atoms with Gasteiger partial charge in [0, 0.05) is 4.47 Å². The molecule has 1 amide bonds. The molecule has 0 aliphatic heterocycles. The zero-order valence-corrected chi connectivity index (χ0v) is 11.6. The smallest absolute Gasteiger partial charge is 0.250 e. The second-order valence-electron chi connectivity index (χ2n) is 3.68. The van der Waals surface area contributed by atoms with Crippen LogP contribution in [0.25, 0.3) is 0 Å². The van der Waals surface area contributed by atoms with Crippen LogP contribution < -0.4 is 10.5 Å². The average molecular weight is 321 g/mol. The first kappa shape index (κ1) is 14.1. The Kier molecular flexibility index (Phi) is 4.67. The van der Waals surface area contributed by atoms with E-state index in [1.54, 1.807) is 0 Å². The quantitative estimate of drug-likeness (QED) is 0.840. The maximum absolute atomic E-state index is 11.4. The highest BCUT2D eigenvalue weighted by atomic mass is 79.9. The summed E-state index contributed by atoms with van der Waals surface area (Å²) in [5.41, 5.74) is 6.47. The van der Waals surface area contributed by atoms with Crippen LogP contribution in [0.5, 0.6) is 0 Å². The number of hydrogen-bond acceptors (Lipinski definition) is 4. The van der Waals surface area contributed by atoms with Gasteiger partial charge in [0.05, 0.1) is 12.3 Å². The lowest BCUT2D eigenvalue weighted by Crippen LogP contribution is -2.44. The van der Waals surface area contributed by atoms with E-state index < -0.39 is 22.0 Å². The number of hydrogen-bond donors (Lipinski definition) is 2. The third-order valence-corrected chi connectivity index (χ3v) is 3.09. The van der Waals surface area contributed by atoms with Crippen molar-refractivity contribution in [2.45, 2.75) is 12.5 Å². The normalized spacial score (nSPS) is 13.1. The van der Waals surface area contributed by atoms with E-state index >= 15 is 0 Å². The van der Waals surface area contributed by atoms with Gasteiger partial charge < -0.3 is 5.73 Å². The monoisotopic (exact) mass is 320 g/mol. The lowest BCUT2D eigenvalue weighted by Gasteiger charge is -2.11. The summed E-state index contributed by atoms with van der Waals surface area (Å²) >= 11 is 3.29. The minimum Gasteiger partial charge on any atom is -0.320 e. The highest BCUT2D eigenvalue weighted by Crippen LogP contribution is 2.11. The van der Waals surface area contributed by atoms with Crippen molar-refractivity contribution in [2.24, 2.45) is 5.73 Å². The summed E-state index contributed by atoms with van der Waals surface area (Å²) in [6.07, 6.45) is 1.20. The minimum absolute atomic E-state index is 0.286. The number of nitrogens with two attached hydrogens (primary N) is 1. The van der Waals surface area contributed by atoms with Gasteiger partial charge in [0.1, 0.15) is 0 Å². The van der Waals surface area contributed by atoms with E-state index in [1.165, 1.54) is 0 Å². The maximum Gasteiger partial charge on any atom is 0.250 e. The topological polar surface area (TPSA) is 89.3 Å². The van der Waals surface area contributed by atoms with E-state index in [0.29, 0.717) is 0 Å². The number of carbonyl (C=O) groups is 1. The first-order chi connectivity index (χ1) is 7.78. The highest BCUT2D eigenvalue weighted by Gasteiger charge is 2.17. The van der Waals surface area contributed by atoms with Crippen LogP contribution in [-0.4, -0.2) is 26.6 Å². The van der Waals surface area contributed by atoms with Crippen LogP contribution in [0.1, 0.15) is 5.56 Å². The molecule has 0 spiro atoms. The molecular weight excluding hydrogens is 308 g/mol. The molecule has 5 nitrogen and oxygen atoms in total. The van der Waals surface area contributed by atoms with Crippen molar-refractivity contribution in [3.63, 3.8) is 0 Å². The molecule has 3 N–H and O–H groups in total. The molecule has 1 atom stereocenters. The molecular formula is C10H13BrN2O3S. The van der Waals surface area contributed by atoms with Crippen LogP contribution in [0.2, 0.25) is 0 Å². The molecule has 94 valence electrons. The largest absolute Gasteiger partial charge is 0.320 e. The van der Waals surface area contributed by atoms with E-state index in [0.717, 1.165) is 16.3 Å². The number of nitrogens with one attached hydrogen (secondary N) is 1. The van der Waals surface area contributed by atoms with Crippen LogP contribution in [0.4, 0.5) is 0 Å². The Labute approximate surface area is 109 Å². The molecule has 0 heterocycles. The fraction of sp³-hybridized carbons (Fsp3) is 0.300. The van der Waals surface area contributed by atoms with Gasteiger partial charge >= 0.3 is 0 Å². The van der Waals surface area contributed by atoms with E-state index in [-0.39, 0.29) is 6.42 Å². The Bertz CT molecular complexity index is 499. The third kappa shape index (κ3) is 5.29. The zero-order valence-electron chi connectivity index (χ0n) is 9.18. The SMILES string of the molecule is CS(=O)(=O)NC(=O)C(N)Cc1ccc(Br)cc1. The van der Waals surface area contributed by atoms with Crippen molar-refractivity contribution >= 4 is 31.9 Å². The molecule has 1 rings (SSSR count). The maximum atomic E-state index is 11.4. The van der Waals surface area contributed by atoms with Crippen LogP contribution in [0, 0.1) is 0 Å². The Balaban J connectivity index is 2.63. The minimum atomic E-state index is -3.55. The van der Waals surface area contributed by atoms with E-state index in [4.69, 9.17) is 5.73 Å². The zero-order chi connectivity index (χ0) is 13.1. The molecule has 0 saturated carbocycles. The van der Waals surface area contributed by atoms with Crippen molar-refractivity contribution < 1.29 is 13.2 Å². The van der Waals surface area contributed by atoms with Gasteiger partial charge in [-0.15, -0.1) is 0 Å². The van der Waals surface area contributed by atoms with Crippen LogP contribution in [-0.2, 0) is 21.2 Å². The summed E-state index contributed by atoms with van der Waals surface area (Å²) in [6, 6.07) is 6.41. The van der Waals surface area contributed by atoms with Crippen molar-refractivity contribution in [1.29, 1.82) is 0 Å². The first-order valence-corrected chi connectivity index (χ1v) is 7.48. The molecule has 7 heteroatoms. The van der Waals surface area contributed by atoms with Crippen LogP contribution in [0.15, 0.2) is 28.7 Å². The van der Waals surface area contributed by atoms with E-state index in [1.807, 2.05) is 29.0 Å². The van der Waals surface area contributed by atoms with Crippen LogP contribution in [0.3, 0.4) is 0 Å². The fourth-order valence-corrected chi connectivity index (χ4v) is 2.01. The van der Waals surface area contributed by atoms with Gasteiger partial charge in [0.15, 0.2) is 0 Å². The lowest BCUT2D eigenvalue weighted by molar-refractivity contribution is -0.120. The first-order valence-electron chi connectivity index (χ1n) is 4.79. The summed E-state index contributed by atoms with van der Waals surface area (Å²) < 4.78 is 24.5. The van der Waals surface area contributed by atoms with Crippen molar-refractivity contribution in [1.82, 2.24) is 4.72 Å². The van der Waals surface area contributed by atoms with Crippen LogP contribution >= 0.6 is 15.9 Å². The van der Waals surface area contributed by atoms with Gasteiger partial charge in [-0.25, -0.2) is 8.42 Å². The molecule has 0 aliphatic rings. The molecule has 0 saturated heterocycles. The van der Waals surface area contributed by atoms with E-state index in [9.17, 15) is 13.2 Å². The molecule has 0 bridgehead atoms. The number of halogens is 1. The third-order valence-electron chi connectivity index (χ3n) is 1.99. The number of carbonyl (C=O) groups excluding carboxylic acids is 1. The van der Waals surface area contributed by atoms with Crippen molar-refractivity contribution in [3.05, 3.63) is 34.3 Å². The Morgan fingerprint density at radius 2 is 1.94 bits per heavy atom. The number of sulfonamides is 1. The average Bonchev–Trinajstić information content (AvgIpc) is 2.19. The molecule has 0 aliphatic carbocycles. The lowest BCUT2D eigenvalue weighted by atomic mass is 10.1. The second kappa shape index (κ2) is 5.61. The number of rotatable bonds is 4. The summed E-state index contributed by atoms with van der Waals surface area (Å²) in [4.78, 5) is 11.4. The Morgan fingerprint density at radius 3 is 2.41 bits per heavy atom. The standard InChI is InChI=1S/C10H13BrN2O3S/c1-17(15,16)13-10(14)9(12)6-7-2-4-8(11)5-3-7/h2-5,9H,6,12H2,1H3,(H,13,14). The van der Waals surface area contributed by atoms with Crippen molar-refractivity contribution in [2.75, 3.05) is 6.26 Å². The predicted octanol–water partition coefficient (Wildman–Crippen LogP) is 0.395. The highest BCUT2D eigenvalue weighted by molar-refractivity contribution is 9.10. The Hall–Kier alpha value is -0.920. The molecule has 17 heavy (non-hydrogen) atoms. The van der Waals surface area contributed by atoms with E-state index in [2.05, 4.69) is 15.9 Å². The molecule has 0 fully saturated rings. The van der Waals surface area contributed by atoms with Gasteiger partial charge in [-0.1, -0.05) is 28.1 Å². The summed E-state index contributed by atoms with van der Waals surface area (Å²) in [6.45, 7) is 0. The second-order valence-corrected chi connectivity index (χ2v) is 6.34. The number of benzene rings is 1. The summed E-state index contributed by atoms with van der Waals surface area (Å²) in [5.74, 6) is -0.699. The summed E-state index contributed by atoms with van der Waals surface area (Å²) in [5, 5.41) is 0. The molecule has 1 unspecified atom stereocenters. The molecule has 1 aromatic carbocycles. The number of amides is 1. The molecule has 1 aromatic rings.